The molecule has 0 aliphatic heterocycles. The molecule has 0 aromatic carbocycles. The molecule has 3 nitrogen and oxygen atoms in total. The Morgan fingerprint density at radius 1 is 1.50 bits per heavy atom. The first-order valence-electron chi connectivity index (χ1n) is 4.77. The third-order valence-corrected chi connectivity index (χ3v) is 2.25. The third-order valence-electron chi connectivity index (χ3n) is 1.81. The molecule has 82 valence electrons. The van der Waals surface area contributed by atoms with Crippen molar-refractivity contribution in [2.45, 2.75) is 13.8 Å². The van der Waals surface area contributed by atoms with Crippen LogP contribution >= 0.6 is 12.2 Å². The van der Waals surface area contributed by atoms with Gasteiger partial charge in [-0.05, 0) is 19.9 Å². The van der Waals surface area contributed by atoms with Gasteiger partial charge in [-0.3, -0.25) is 0 Å². The minimum absolute atomic E-state index is 0. The van der Waals surface area contributed by atoms with Gasteiger partial charge in [0.05, 0.1) is 6.61 Å². The topological polar surface area (TPSA) is 25.4 Å². The minimum Gasteiger partial charge on any atom is -0.478 e. The molecule has 1 aromatic rings. The van der Waals surface area contributed by atoms with Crippen molar-refractivity contribution in [3.63, 3.8) is 0 Å². The molecule has 0 saturated carbocycles. The maximum absolute atomic E-state index is 5.31. The van der Waals surface area contributed by atoms with Crippen LogP contribution in [0.5, 0.6) is 5.88 Å². The first kappa shape index (κ1) is 16.1. The molecule has 1 aromatic heterocycles. The van der Waals surface area contributed by atoms with Crippen LogP contribution in [0.15, 0.2) is 18.2 Å². The number of thiocarbonyl (C=S) groups is 1. The second-order valence-electron chi connectivity index (χ2n) is 2.78. The molecule has 0 radical (unpaired) electrons. The number of hydrogen-bond donors (Lipinski definition) is 0. The van der Waals surface area contributed by atoms with Gasteiger partial charge in [0.1, 0.15) is 5.82 Å². The smallest absolute Gasteiger partial charge is 0.478 e. The monoisotopic (exact) mass is 264 g/mol. The van der Waals surface area contributed by atoms with Crippen molar-refractivity contribution < 1.29 is 34.3 Å². The van der Waals surface area contributed by atoms with Crippen molar-refractivity contribution in [1.29, 1.82) is 0 Å². The van der Waals surface area contributed by atoms with Gasteiger partial charge >= 0.3 is 29.6 Å². The van der Waals surface area contributed by atoms with Crippen LogP contribution in [0, 0.1) is 0 Å². The van der Waals surface area contributed by atoms with Crippen LogP contribution in [-0.2, 0) is 12.6 Å². The third kappa shape index (κ3) is 4.51. The summed E-state index contributed by atoms with van der Waals surface area (Å²) in [6.07, 6.45) is 0. The molecule has 0 unspecified atom stereocenters. The average molecular weight is 264 g/mol. The number of pyridine rings is 1. The van der Waals surface area contributed by atoms with Gasteiger partial charge in [-0.2, -0.15) is 4.98 Å². The Kier molecular flexibility index (Phi) is 8.23. The van der Waals surface area contributed by atoms with Crippen LogP contribution < -0.4 is 39.2 Å². The Morgan fingerprint density at radius 2 is 2.19 bits per heavy atom. The van der Waals surface area contributed by atoms with Crippen molar-refractivity contribution >= 4 is 35.0 Å². The summed E-state index contributed by atoms with van der Waals surface area (Å²) in [6, 6.07) is 5.56. The molecule has 6 heteroatoms. The summed E-state index contributed by atoms with van der Waals surface area (Å²) >= 11 is 9.93. The Labute approximate surface area is 129 Å². The van der Waals surface area contributed by atoms with Crippen LogP contribution in [0.3, 0.4) is 0 Å². The van der Waals surface area contributed by atoms with Gasteiger partial charge in [0, 0.05) is 12.6 Å². The zero-order valence-corrected chi connectivity index (χ0v) is 13.4. The number of nitrogens with zero attached hydrogens (tertiary/aromatic N) is 2. The predicted molar refractivity (Wildman–Crippen MR) is 68.4 cm³/mol. The summed E-state index contributed by atoms with van der Waals surface area (Å²) in [5.74, 6) is 1.34. The van der Waals surface area contributed by atoms with Gasteiger partial charge in [-0.15, -0.1) is 0 Å². The standard InChI is InChI=1S/C10H14N2OS2.Na/c1-3-12(10(14)15)8-6-5-7-9(11-8)13-4-2;/h5-7H,3-4H2,1-2H3,(H,14,15);/q;+1/p-1. The van der Waals surface area contributed by atoms with Crippen LogP contribution in [0.25, 0.3) is 0 Å². The minimum atomic E-state index is 0. The van der Waals surface area contributed by atoms with E-state index < -0.39 is 0 Å². The number of rotatable bonds is 4. The molecular formula is C10H13N2NaOS2. The summed E-state index contributed by atoms with van der Waals surface area (Å²) in [4.78, 5) is 6.09. The van der Waals surface area contributed by atoms with E-state index in [-0.39, 0.29) is 29.6 Å². The van der Waals surface area contributed by atoms with Crippen LogP contribution in [0.4, 0.5) is 5.82 Å². The van der Waals surface area contributed by atoms with E-state index in [9.17, 15) is 0 Å². The van der Waals surface area contributed by atoms with Crippen molar-refractivity contribution in [2.75, 3.05) is 18.1 Å². The number of hydrogen-bond acceptors (Lipinski definition) is 4. The molecular weight excluding hydrogens is 251 g/mol. The van der Waals surface area contributed by atoms with E-state index in [2.05, 4.69) is 4.98 Å². The van der Waals surface area contributed by atoms with E-state index in [1.165, 1.54) is 0 Å². The van der Waals surface area contributed by atoms with Crippen molar-refractivity contribution in [3.8, 4) is 5.88 Å². The summed E-state index contributed by atoms with van der Waals surface area (Å²) in [5.41, 5.74) is 0. The number of anilines is 1. The Hall–Kier alpha value is 0.0600. The van der Waals surface area contributed by atoms with E-state index in [0.29, 0.717) is 23.4 Å². The molecule has 16 heavy (non-hydrogen) atoms. The number of aromatic nitrogens is 1. The Bertz CT molecular complexity index is 349. The van der Waals surface area contributed by atoms with E-state index in [4.69, 9.17) is 29.6 Å². The van der Waals surface area contributed by atoms with Gasteiger partial charge in [0.25, 0.3) is 0 Å². The molecule has 0 N–H and O–H groups in total. The molecule has 0 spiro atoms. The van der Waals surface area contributed by atoms with Crippen LogP contribution in [0.2, 0.25) is 0 Å². The van der Waals surface area contributed by atoms with E-state index >= 15 is 0 Å². The number of ether oxygens (including phenoxy) is 1. The molecule has 0 amide bonds. The summed E-state index contributed by atoms with van der Waals surface area (Å²) < 4.78 is 5.71. The molecule has 0 bridgehead atoms. The largest absolute Gasteiger partial charge is 1.00 e. The van der Waals surface area contributed by atoms with E-state index in [0.717, 1.165) is 5.82 Å². The van der Waals surface area contributed by atoms with E-state index in [1.54, 1.807) is 4.90 Å². The molecule has 0 aliphatic carbocycles. The summed E-state index contributed by atoms with van der Waals surface area (Å²) in [5, 5.41) is 0. The quantitative estimate of drug-likeness (QED) is 0.400. The zero-order valence-electron chi connectivity index (χ0n) is 9.77. The van der Waals surface area contributed by atoms with Crippen molar-refractivity contribution in [1.82, 2.24) is 4.98 Å². The van der Waals surface area contributed by atoms with Crippen LogP contribution in [0.1, 0.15) is 13.8 Å². The fourth-order valence-corrected chi connectivity index (χ4v) is 1.61. The molecule has 0 aliphatic rings. The first-order chi connectivity index (χ1) is 7.19. The van der Waals surface area contributed by atoms with Crippen molar-refractivity contribution in [3.05, 3.63) is 18.2 Å². The Balaban J connectivity index is 0.00000225. The molecule has 0 atom stereocenters. The van der Waals surface area contributed by atoms with E-state index in [1.807, 2.05) is 32.0 Å². The maximum atomic E-state index is 5.31. The SMILES string of the molecule is CCOc1cccc(N(CC)C(=S)[S-])n1.[Na+]. The molecule has 1 rings (SSSR count). The van der Waals surface area contributed by atoms with Crippen LogP contribution in [-0.4, -0.2) is 22.5 Å². The average Bonchev–Trinajstić information content (AvgIpc) is 2.19. The maximum Gasteiger partial charge on any atom is 1.00 e. The molecule has 1 heterocycles. The second kappa shape index (κ2) is 8.20. The molecule has 0 fully saturated rings. The van der Waals surface area contributed by atoms with Gasteiger partial charge in [0.15, 0.2) is 0 Å². The second-order valence-corrected chi connectivity index (χ2v) is 3.81. The van der Waals surface area contributed by atoms with Gasteiger partial charge < -0.3 is 34.5 Å². The fourth-order valence-electron chi connectivity index (χ4n) is 1.17. The Morgan fingerprint density at radius 3 is 2.69 bits per heavy atom. The van der Waals surface area contributed by atoms with Crippen molar-refractivity contribution in [2.24, 2.45) is 0 Å². The molecule has 0 saturated heterocycles. The van der Waals surface area contributed by atoms with Gasteiger partial charge in [0.2, 0.25) is 5.88 Å². The van der Waals surface area contributed by atoms with Gasteiger partial charge in [-0.25, -0.2) is 0 Å². The van der Waals surface area contributed by atoms with Gasteiger partial charge in [-0.1, -0.05) is 10.4 Å². The zero-order chi connectivity index (χ0) is 11.3. The predicted octanol–water partition coefficient (Wildman–Crippen LogP) is -0.858. The fraction of sp³-hybridized carbons (Fsp3) is 0.400. The summed E-state index contributed by atoms with van der Waals surface area (Å²) in [6.45, 7) is 5.21. The normalized spacial score (nSPS) is 9.12. The summed E-state index contributed by atoms with van der Waals surface area (Å²) in [7, 11) is 0. The first-order valence-corrected chi connectivity index (χ1v) is 5.59.